The van der Waals surface area contributed by atoms with Crippen LogP contribution in [0, 0.1) is 6.92 Å². The summed E-state index contributed by atoms with van der Waals surface area (Å²) in [6.07, 6.45) is 1.60. The molecule has 0 unspecified atom stereocenters. The van der Waals surface area contributed by atoms with Gasteiger partial charge in [-0.3, -0.25) is 14.6 Å². The normalized spacial score (nSPS) is 10.3. The van der Waals surface area contributed by atoms with Crippen molar-refractivity contribution in [1.82, 2.24) is 9.97 Å². The first-order chi connectivity index (χ1) is 12.0. The zero-order valence-electron chi connectivity index (χ0n) is 13.7. The van der Waals surface area contributed by atoms with Crippen LogP contribution in [0.3, 0.4) is 0 Å². The number of nitrogens with zero attached hydrogens (tertiary/aromatic N) is 2. The lowest BCUT2D eigenvalue weighted by atomic mass is 10.2. The van der Waals surface area contributed by atoms with Crippen LogP contribution in [0.25, 0.3) is 0 Å². The summed E-state index contributed by atoms with van der Waals surface area (Å²) < 4.78 is 0. The number of aryl methyl sites for hydroxylation is 1. The Morgan fingerprint density at radius 2 is 1.76 bits per heavy atom. The van der Waals surface area contributed by atoms with Crippen LogP contribution in [0.5, 0.6) is 0 Å². The van der Waals surface area contributed by atoms with E-state index in [2.05, 4.69) is 20.6 Å². The predicted molar refractivity (Wildman–Crippen MR) is 98.5 cm³/mol. The minimum Gasteiger partial charge on any atom is -0.332 e. The second-order valence-corrected chi connectivity index (χ2v) is 6.36. The van der Waals surface area contributed by atoms with Gasteiger partial charge < -0.3 is 10.6 Å². The lowest BCUT2D eigenvalue weighted by Crippen LogP contribution is -2.05. The van der Waals surface area contributed by atoms with Crippen LogP contribution in [-0.2, 0) is 4.79 Å². The van der Waals surface area contributed by atoms with Crippen LogP contribution >= 0.6 is 11.3 Å². The van der Waals surface area contributed by atoms with E-state index in [4.69, 9.17) is 0 Å². The van der Waals surface area contributed by atoms with Gasteiger partial charge in [-0.15, -0.1) is 0 Å². The smallest absolute Gasteiger partial charge is 0.223 e. The Morgan fingerprint density at radius 1 is 1.04 bits per heavy atom. The van der Waals surface area contributed by atoms with Gasteiger partial charge in [0.15, 0.2) is 5.13 Å². The van der Waals surface area contributed by atoms with Crippen molar-refractivity contribution in [3.05, 3.63) is 64.9 Å². The summed E-state index contributed by atoms with van der Waals surface area (Å²) in [7, 11) is 0. The van der Waals surface area contributed by atoms with E-state index in [1.165, 1.54) is 18.3 Å². The molecule has 3 rings (SSSR count). The molecule has 0 spiro atoms. The van der Waals surface area contributed by atoms with Crippen LogP contribution in [0.15, 0.2) is 48.7 Å². The molecular weight excluding hydrogens is 336 g/mol. The van der Waals surface area contributed by atoms with E-state index in [-0.39, 0.29) is 11.7 Å². The molecule has 0 aliphatic heterocycles. The van der Waals surface area contributed by atoms with Crippen molar-refractivity contribution < 1.29 is 9.59 Å². The van der Waals surface area contributed by atoms with Crippen molar-refractivity contribution in [3.63, 3.8) is 0 Å². The number of hydrogen-bond donors (Lipinski definition) is 2. The first kappa shape index (κ1) is 16.8. The van der Waals surface area contributed by atoms with E-state index in [9.17, 15) is 9.59 Å². The number of hydrogen-bond acceptors (Lipinski definition) is 6. The number of rotatable bonds is 5. The number of nitrogens with one attached hydrogen (secondary N) is 2. The number of pyridine rings is 1. The Balaban J connectivity index is 1.76. The van der Waals surface area contributed by atoms with Gasteiger partial charge in [0.05, 0.1) is 5.69 Å². The van der Waals surface area contributed by atoms with Crippen LogP contribution in [0.4, 0.5) is 16.5 Å². The average molecular weight is 352 g/mol. The molecule has 0 atom stereocenters. The van der Waals surface area contributed by atoms with Crippen molar-refractivity contribution in [3.8, 4) is 0 Å². The Labute approximate surface area is 149 Å². The highest BCUT2D eigenvalue weighted by molar-refractivity contribution is 7.17. The fourth-order valence-electron chi connectivity index (χ4n) is 2.24. The second-order valence-electron chi connectivity index (χ2n) is 5.36. The largest absolute Gasteiger partial charge is 0.332 e. The standard InChI is InChI=1S/C18H16N4O2S/c1-11-17(16(24)15-5-3-4-10-19-15)25-18(20-11)22-14-8-6-13(7-9-14)21-12(2)23/h3-10H,1-2H3,(H,20,22)(H,21,23). The van der Waals surface area contributed by atoms with E-state index in [0.717, 1.165) is 11.4 Å². The molecule has 1 amide bonds. The highest BCUT2D eigenvalue weighted by Crippen LogP contribution is 2.27. The molecule has 2 aromatic heterocycles. The highest BCUT2D eigenvalue weighted by atomic mass is 32.1. The van der Waals surface area contributed by atoms with Crippen molar-refractivity contribution in [2.45, 2.75) is 13.8 Å². The van der Waals surface area contributed by atoms with Gasteiger partial charge in [-0.05, 0) is 43.3 Å². The zero-order valence-corrected chi connectivity index (χ0v) is 14.6. The molecule has 0 aliphatic rings. The highest BCUT2D eigenvalue weighted by Gasteiger charge is 2.18. The topological polar surface area (TPSA) is 84.0 Å². The molecule has 1 aromatic carbocycles. The number of benzene rings is 1. The molecule has 3 aromatic rings. The Kier molecular flexibility index (Phi) is 4.85. The van der Waals surface area contributed by atoms with Gasteiger partial charge >= 0.3 is 0 Å². The van der Waals surface area contributed by atoms with Crippen molar-refractivity contribution in [1.29, 1.82) is 0 Å². The quantitative estimate of drug-likeness (QED) is 0.683. The molecule has 0 fully saturated rings. The fourth-order valence-corrected chi connectivity index (χ4v) is 3.17. The van der Waals surface area contributed by atoms with E-state index in [1.807, 2.05) is 12.1 Å². The number of ketones is 1. The summed E-state index contributed by atoms with van der Waals surface area (Å²) >= 11 is 1.29. The average Bonchev–Trinajstić information content (AvgIpc) is 2.96. The van der Waals surface area contributed by atoms with Crippen LogP contribution in [0.1, 0.15) is 28.0 Å². The molecule has 0 bridgehead atoms. The van der Waals surface area contributed by atoms with Gasteiger partial charge in [-0.25, -0.2) is 4.98 Å². The molecule has 2 N–H and O–H groups in total. The minimum atomic E-state index is -0.135. The summed E-state index contributed by atoms with van der Waals surface area (Å²) in [6, 6.07) is 12.5. The summed E-state index contributed by atoms with van der Waals surface area (Å²) in [5.74, 6) is -0.251. The number of carbonyl (C=O) groups is 2. The predicted octanol–water partition coefficient (Wildman–Crippen LogP) is 3.78. The van der Waals surface area contributed by atoms with Crippen LogP contribution in [-0.4, -0.2) is 21.7 Å². The first-order valence-corrected chi connectivity index (χ1v) is 8.42. The maximum absolute atomic E-state index is 12.5. The van der Waals surface area contributed by atoms with Gasteiger partial charge in [0.2, 0.25) is 11.7 Å². The molecule has 6 nitrogen and oxygen atoms in total. The third-order valence-electron chi connectivity index (χ3n) is 3.36. The first-order valence-electron chi connectivity index (χ1n) is 7.61. The second kappa shape index (κ2) is 7.23. The molecule has 25 heavy (non-hydrogen) atoms. The number of anilines is 3. The molecule has 0 aliphatic carbocycles. The summed E-state index contributed by atoms with van der Waals surface area (Å²) in [5, 5.41) is 6.51. The van der Waals surface area contributed by atoms with Crippen molar-refractivity contribution in [2.24, 2.45) is 0 Å². The fraction of sp³-hybridized carbons (Fsp3) is 0.111. The van der Waals surface area contributed by atoms with Gasteiger partial charge in [0.1, 0.15) is 10.6 Å². The monoisotopic (exact) mass is 352 g/mol. The number of aromatic nitrogens is 2. The third-order valence-corrected chi connectivity index (χ3v) is 4.43. The zero-order chi connectivity index (χ0) is 17.8. The molecule has 0 saturated heterocycles. The molecular formula is C18H16N4O2S. The Morgan fingerprint density at radius 3 is 2.40 bits per heavy atom. The van der Waals surface area contributed by atoms with E-state index >= 15 is 0 Å². The van der Waals surface area contributed by atoms with Gasteiger partial charge in [0, 0.05) is 24.5 Å². The number of thiazole rings is 1. The van der Waals surface area contributed by atoms with Crippen molar-refractivity contribution in [2.75, 3.05) is 10.6 Å². The maximum atomic E-state index is 12.5. The van der Waals surface area contributed by atoms with Gasteiger partial charge in [-0.2, -0.15) is 0 Å². The molecule has 0 radical (unpaired) electrons. The van der Waals surface area contributed by atoms with Crippen molar-refractivity contribution >= 4 is 39.5 Å². The van der Waals surface area contributed by atoms with E-state index in [0.29, 0.717) is 21.4 Å². The Hall–Kier alpha value is -3.06. The van der Waals surface area contributed by atoms with E-state index < -0.39 is 0 Å². The molecule has 0 saturated carbocycles. The lowest BCUT2D eigenvalue weighted by molar-refractivity contribution is -0.114. The molecule has 7 heteroatoms. The summed E-state index contributed by atoms with van der Waals surface area (Å²) in [6.45, 7) is 3.27. The van der Waals surface area contributed by atoms with Crippen LogP contribution in [0.2, 0.25) is 0 Å². The Bertz CT molecular complexity index is 905. The van der Waals surface area contributed by atoms with Gasteiger partial charge in [0.25, 0.3) is 0 Å². The van der Waals surface area contributed by atoms with E-state index in [1.54, 1.807) is 43.5 Å². The number of amides is 1. The summed E-state index contributed by atoms with van der Waals surface area (Å²) in [4.78, 5) is 32.6. The van der Waals surface area contributed by atoms with Crippen LogP contribution < -0.4 is 10.6 Å². The molecule has 2 heterocycles. The SMILES string of the molecule is CC(=O)Nc1ccc(Nc2nc(C)c(C(=O)c3ccccn3)s2)cc1. The van der Waals surface area contributed by atoms with Gasteiger partial charge in [-0.1, -0.05) is 17.4 Å². The summed E-state index contributed by atoms with van der Waals surface area (Å²) in [5.41, 5.74) is 2.61. The number of carbonyl (C=O) groups excluding carboxylic acids is 2. The maximum Gasteiger partial charge on any atom is 0.223 e. The third kappa shape index (κ3) is 4.07. The minimum absolute atomic E-state index is 0.117. The lowest BCUT2D eigenvalue weighted by Gasteiger charge is -2.05. The molecule has 126 valence electrons.